The summed E-state index contributed by atoms with van der Waals surface area (Å²) in [5.74, 6) is 0. The maximum Gasteiger partial charge on any atom is 0.0604 e. The van der Waals surface area contributed by atoms with E-state index >= 15 is 0 Å². The van der Waals surface area contributed by atoms with Gasteiger partial charge in [0, 0.05) is 12.2 Å². The van der Waals surface area contributed by atoms with Crippen LogP contribution >= 0.6 is 24.0 Å². The zero-order chi connectivity index (χ0) is 7.23. The Bertz CT molecular complexity index is 179. The molecule has 0 saturated carbocycles. The van der Waals surface area contributed by atoms with Crippen molar-refractivity contribution >= 4 is 29.7 Å². The number of aliphatic hydroxyl groups is 1. The summed E-state index contributed by atoms with van der Waals surface area (Å²) in [4.78, 5) is 0. The fourth-order valence-corrected chi connectivity index (χ4v) is 0.756. The molecule has 0 radical (unpaired) electrons. The highest BCUT2D eigenvalue weighted by Gasteiger charge is 1.84. The molecule has 2 N–H and O–H groups in total. The lowest BCUT2D eigenvalue weighted by atomic mass is 10.3. The highest BCUT2D eigenvalue weighted by atomic mass is 127. The van der Waals surface area contributed by atoms with Crippen LogP contribution in [0.1, 0.15) is 0 Å². The second-order valence-corrected chi connectivity index (χ2v) is 2.02. The Hall–Kier alpha value is -0.290. The van der Waals surface area contributed by atoms with Gasteiger partial charge in [-0.15, -0.1) is 24.0 Å². The predicted octanol–water partition coefficient (Wildman–Crippen LogP) is 1.71. The van der Waals surface area contributed by atoms with E-state index in [-0.39, 0.29) is 30.6 Å². The van der Waals surface area contributed by atoms with Gasteiger partial charge in [0.25, 0.3) is 0 Å². The molecule has 3 heteroatoms. The number of hydrogen-bond donors (Lipinski definition) is 2. The third-order valence-electron chi connectivity index (χ3n) is 1.21. The smallest absolute Gasteiger partial charge is 0.0604 e. The molecule has 0 amide bonds. The number of para-hydroxylation sites is 1. The molecule has 62 valence electrons. The molecule has 0 saturated heterocycles. The highest BCUT2D eigenvalue weighted by molar-refractivity contribution is 14.0. The summed E-state index contributed by atoms with van der Waals surface area (Å²) < 4.78 is 0. The van der Waals surface area contributed by atoms with Crippen LogP contribution in [-0.4, -0.2) is 18.3 Å². The predicted molar refractivity (Wildman–Crippen MR) is 57.4 cm³/mol. The van der Waals surface area contributed by atoms with Gasteiger partial charge < -0.3 is 10.4 Å². The monoisotopic (exact) mass is 265 g/mol. The summed E-state index contributed by atoms with van der Waals surface area (Å²) in [5, 5.41) is 11.5. The van der Waals surface area contributed by atoms with E-state index in [2.05, 4.69) is 5.32 Å². The summed E-state index contributed by atoms with van der Waals surface area (Å²) in [6, 6.07) is 9.81. The summed E-state index contributed by atoms with van der Waals surface area (Å²) in [5.41, 5.74) is 1.05. The number of halogens is 1. The third kappa shape index (κ3) is 4.21. The maximum atomic E-state index is 8.47. The molecule has 0 spiro atoms. The average molecular weight is 265 g/mol. The maximum absolute atomic E-state index is 8.47. The Morgan fingerprint density at radius 3 is 2.36 bits per heavy atom. The molecule has 0 bridgehead atoms. The van der Waals surface area contributed by atoms with Crippen molar-refractivity contribution in [1.82, 2.24) is 0 Å². The van der Waals surface area contributed by atoms with Gasteiger partial charge in [0.2, 0.25) is 0 Å². The van der Waals surface area contributed by atoms with Gasteiger partial charge in [0.1, 0.15) is 0 Å². The van der Waals surface area contributed by atoms with Gasteiger partial charge in [0.15, 0.2) is 0 Å². The first-order valence-corrected chi connectivity index (χ1v) is 3.33. The van der Waals surface area contributed by atoms with Crippen molar-refractivity contribution in [2.45, 2.75) is 0 Å². The number of anilines is 1. The molecule has 0 heterocycles. The van der Waals surface area contributed by atoms with Gasteiger partial charge in [-0.1, -0.05) is 18.2 Å². The van der Waals surface area contributed by atoms with E-state index in [1.54, 1.807) is 0 Å². The van der Waals surface area contributed by atoms with Crippen molar-refractivity contribution in [2.24, 2.45) is 0 Å². The van der Waals surface area contributed by atoms with Crippen LogP contribution in [0.2, 0.25) is 0 Å². The molecule has 0 atom stereocenters. The largest absolute Gasteiger partial charge is 0.395 e. The molecule has 1 aromatic carbocycles. The average Bonchev–Trinajstić information content (AvgIpc) is 2.03. The Labute approximate surface area is 83.6 Å². The number of aliphatic hydroxyl groups excluding tert-OH is 1. The lowest BCUT2D eigenvalue weighted by Crippen LogP contribution is -2.04. The molecule has 0 fully saturated rings. The normalized spacial score (nSPS) is 8.45. The second kappa shape index (κ2) is 6.42. The molecule has 0 aliphatic heterocycles. The van der Waals surface area contributed by atoms with Crippen molar-refractivity contribution in [1.29, 1.82) is 0 Å². The summed E-state index contributed by atoms with van der Waals surface area (Å²) in [7, 11) is 0. The molecule has 11 heavy (non-hydrogen) atoms. The van der Waals surface area contributed by atoms with Crippen LogP contribution in [0.3, 0.4) is 0 Å². The van der Waals surface area contributed by atoms with Gasteiger partial charge >= 0.3 is 0 Å². The SMILES string of the molecule is I.OCCNc1ccccc1. The highest BCUT2D eigenvalue weighted by Crippen LogP contribution is 2.02. The zero-order valence-corrected chi connectivity index (χ0v) is 8.49. The summed E-state index contributed by atoms with van der Waals surface area (Å²) in [6.07, 6.45) is 0. The van der Waals surface area contributed by atoms with Gasteiger partial charge in [-0.2, -0.15) is 0 Å². The first-order valence-electron chi connectivity index (χ1n) is 3.33. The van der Waals surface area contributed by atoms with Crippen LogP contribution in [0.5, 0.6) is 0 Å². The first kappa shape index (κ1) is 10.7. The molecule has 0 unspecified atom stereocenters. The molecular weight excluding hydrogens is 253 g/mol. The van der Waals surface area contributed by atoms with E-state index in [9.17, 15) is 0 Å². The van der Waals surface area contributed by atoms with E-state index in [1.165, 1.54) is 0 Å². The number of nitrogens with one attached hydrogen (secondary N) is 1. The Morgan fingerprint density at radius 2 is 1.82 bits per heavy atom. The van der Waals surface area contributed by atoms with Crippen LogP contribution < -0.4 is 5.32 Å². The second-order valence-electron chi connectivity index (χ2n) is 2.02. The van der Waals surface area contributed by atoms with E-state index < -0.39 is 0 Å². The van der Waals surface area contributed by atoms with E-state index in [4.69, 9.17) is 5.11 Å². The van der Waals surface area contributed by atoms with E-state index in [1.807, 2.05) is 30.3 Å². The Balaban J connectivity index is 0.000001000. The summed E-state index contributed by atoms with van der Waals surface area (Å²) in [6.45, 7) is 0.791. The van der Waals surface area contributed by atoms with E-state index in [0.717, 1.165) is 5.69 Å². The van der Waals surface area contributed by atoms with Crippen LogP contribution in [0, 0.1) is 0 Å². The van der Waals surface area contributed by atoms with Crippen molar-refractivity contribution in [3.63, 3.8) is 0 Å². The minimum atomic E-state index is 0. The molecule has 2 nitrogen and oxygen atoms in total. The van der Waals surface area contributed by atoms with Crippen molar-refractivity contribution in [3.8, 4) is 0 Å². The minimum Gasteiger partial charge on any atom is -0.395 e. The lowest BCUT2D eigenvalue weighted by molar-refractivity contribution is 0.311. The van der Waals surface area contributed by atoms with Crippen molar-refractivity contribution < 1.29 is 5.11 Å². The van der Waals surface area contributed by atoms with Gasteiger partial charge in [-0.05, 0) is 12.1 Å². The van der Waals surface area contributed by atoms with Crippen molar-refractivity contribution in [3.05, 3.63) is 30.3 Å². The van der Waals surface area contributed by atoms with Gasteiger partial charge in [-0.25, -0.2) is 0 Å². The number of rotatable bonds is 3. The molecule has 0 aliphatic rings. The van der Waals surface area contributed by atoms with Crippen molar-refractivity contribution in [2.75, 3.05) is 18.5 Å². The summed E-state index contributed by atoms with van der Waals surface area (Å²) >= 11 is 0. The number of hydrogen-bond acceptors (Lipinski definition) is 2. The quantitative estimate of drug-likeness (QED) is 0.815. The topological polar surface area (TPSA) is 32.3 Å². The van der Waals surface area contributed by atoms with Gasteiger partial charge in [-0.3, -0.25) is 0 Å². The first-order chi connectivity index (χ1) is 4.93. The van der Waals surface area contributed by atoms with Gasteiger partial charge in [0.05, 0.1) is 6.61 Å². The molecule has 0 aromatic heterocycles. The fourth-order valence-electron chi connectivity index (χ4n) is 0.756. The van der Waals surface area contributed by atoms with Crippen LogP contribution in [0.15, 0.2) is 30.3 Å². The van der Waals surface area contributed by atoms with Crippen LogP contribution in [0.4, 0.5) is 5.69 Å². The number of benzene rings is 1. The van der Waals surface area contributed by atoms with E-state index in [0.29, 0.717) is 6.54 Å². The van der Waals surface area contributed by atoms with Crippen LogP contribution in [0.25, 0.3) is 0 Å². The molecule has 1 aromatic rings. The lowest BCUT2D eigenvalue weighted by Gasteiger charge is -2.01. The fraction of sp³-hybridized carbons (Fsp3) is 0.250. The molecule has 1 rings (SSSR count). The van der Waals surface area contributed by atoms with Crippen LogP contribution in [-0.2, 0) is 0 Å². The third-order valence-corrected chi connectivity index (χ3v) is 1.21. The zero-order valence-electron chi connectivity index (χ0n) is 6.16. The Kier molecular flexibility index (Phi) is 6.25. The standard InChI is InChI=1S/C8H11NO.HI/c10-7-6-9-8-4-2-1-3-5-8;/h1-5,9-10H,6-7H2;1H. The minimum absolute atomic E-state index is 0. The molecular formula is C8H12INO. The molecule has 0 aliphatic carbocycles. The Morgan fingerprint density at radius 1 is 1.18 bits per heavy atom.